The molecular formula is C29H28N4O5. The lowest BCUT2D eigenvalue weighted by Crippen LogP contribution is -2.35. The third-order valence-electron chi connectivity index (χ3n) is 6.78. The summed E-state index contributed by atoms with van der Waals surface area (Å²) in [4.78, 5) is 30.5. The fourth-order valence-electron chi connectivity index (χ4n) is 4.81. The molecule has 1 saturated heterocycles. The molecule has 1 aliphatic heterocycles. The number of aliphatic imine (C=N–C) groups is 1. The lowest BCUT2D eigenvalue weighted by Gasteiger charge is -2.29. The van der Waals surface area contributed by atoms with E-state index >= 15 is 0 Å². The maximum Gasteiger partial charge on any atom is 0.271 e. The van der Waals surface area contributed by atoms with E-state index in [1.165, 1.54) is 19.1 Å². The number of aromatic nitrogens is 1. The van der Waals surface area contributed by atoms with Crippen LogP contribution in [0.15, 0.2) is 77.8 Å². The average molecular weight is 513 g/mol. The van der Waals surface area contributed by atoms with Crippen LogP contribution in [0.25, 0.3) is 10.9 Å². The molecule has 0 saturated carbocycles. The smallest absolute Gasteiger partial charge is 0.271 e. The number of rotatable bonds is 6. The van der Waals surface area contributed by atoms with Gasteiger partial charge in [-0.15, -0.1) is 0 Å². The number of carbonyl (C=O) groups is 1. The van der Waals surface area contributed by atoms with Crippen LogP contribution in [-0.2, 0) is 0 Å². The zero-order chi connectivity index (χ0) is 26.8. The van der Waals surface area contributed by atoms with E-state index in [1.54, 1.807) is 6.07 Å². The van der Waals surface area contributed by atoms with Crippen LogP contribution in [0.5, 0.6) is 11.6 Å². The van der Waals surface area contributed by atoms with Gasteiger partial charge in [0.1, 0.15) is 11.9 Å². The second-order valence-electron chi connectivity index (χ2n) is 9.45. The van der Waals surface area contributed by atoms with E-state index in [0.29, 0.717) is 22.3 Å². The van der Waals surface area contributed by atoms with Gasteiger partial charge in [-0.25, -0.2) is 9.56 Å². The van der Waals surface area contributed by atoms with Crippen molar-refractivity contribution in [3.05, 3.63) is 94.0 Å². The van der Waals surface area contributed by atoms with Crippen molar-refractivity contribution in [2.75, 3.05) is 20.1 Å². The van der Waals surface area contributed by atoms with Crippen molar-refractivity contribution in [2.24, 2.45) is 4.99 Å². The van der Waals surface area contributed by atoms with E-state index in [2.05, 4.69) is 11.9 Å². The minimum absolute atomic E-state index is 0.178. The molecule has 0 bridgehead atoms. The number of hydrogen-bond acceptors (Lipinski definition) is 7. The molecular weight excluding hydrogens is 484 g/mol. The maximum atomic E-state index is 12.5. The fraction of sp³-hybridized carbons (Fsp3) is 0.241. The second-order valence-corrected chi connectivity index (χ2v) is 9.45. The number of benzene rings is 3. The molecule has 194 valence electrons. The molecule has 1 aromatic heterocycles. The number of piperidine rings is 1. The van der Waals surface area contributed by atoms with Gasteiger partial charge in [0.2, 0.25) is 11.8 Å². The Morgan fingerprint density at radius 2 is 1.74 bits per heavy atom. The summed E-state index contributed by atoms with van der Waals surface area (Å²) < 4.78 is 7.24. The van der Waals surface area contributed by atoms with Gasteiger partial charge >= 0.3 is 0 Å². The molecule has 1 aliphatic rings. The number of likely N-dealkylation sites (tertiary alicyclic amines) is 1. The van der Waals surface area contributed by atoms with Gasteiger partial charge in [0, 0.05) is 43.1 Å². The molecule has 2 heterocycles. The number of nitrogens with zero attached hydrogens (tertiary/aromatic N) is 4. The molecule has 1 fully saturated rings. The van der Waals surface area contributed by atoms with Crippen LogP contribution >= 0.6 is 0 Å². The van der Waals surface area contributed by atoms with Crippen molar-refractivity contribution in [1.29, 1.82) is 0 Å². The molecule has 0 spiro atoms. The summed E-state index contributed by atoms with van der Waals surface area (Å²) in [7, 11) is 2.11. The van der Waals surface area contributed by atoms with Crippen molar-refractivity contribution in [2.45, 2.75) is 25.9 Å². The van der Waals surface area contributed by atoms with E-state index in [1.807, 2.05) is 54.6 Å². The van der Waals surface area contributed by atoms with Crippen LogP contribution in [0.1, 0.15) is 35.7 Å². The highest BCUT2D eigenvalue weighted by Crippen LogP contribution is 2.36. The predicted molar refractivity (Wildman–Crippen MR) is 146 cm³/mol. The fourth-order valence-corrected chi connectivity index (χ4v) is 4.81. The third kappa shape index (κ3) is 5.01. The molecule has 9 nitrogen and oxygen atoms in total. The Kier molecular flexibility index (Phi) is 6.93. The van der Waals surface area contributed by atoms with Gasteiger partial charge in [-0.05, 0) is 50.2 Å². The van der Waals surface area contributed by atoms with Crippen LogP contribution in [0.2, 0.25) is 0 Å². The largest absolute Gasteiger partial charge is 0.494 e. The van der Waals surface area contributed by atoms with Crippen molar-refractivity contribution in [1.82, 2.24) is 9.47 Å². The number of carbonyl (C=O) groups excluding carboxylic acids is 1. The summed E-state index contributed by atoms with van der Waals surface area (Å²) in [6, 6.07) is 20.9. The van der Waals surface area contributed by atoms with E-state index < -0.39 is 10.8 Å². The molecule has 1 N–H and O–H groups in total. The summed E-state index contributed by atoms with van der Waals surface area (Å²) in [5, 5.41) is 23.1. The average Bonchev–Trinajstić information content (AvgIpc) is 3.21. The first-order chi connectivity index (χ1) is 18.3. The second kappa shape index (κ2) is 10.5. The summed E-state index contributed by atoms with van der Waals surface area (Å²) in [5.41, 5.74) is 2.17. The summed E-state index contributed by atoms with van der Waals surface area (Å²) >= 11 is 0. The monoisotopic (exact) mass is 512 g/mol. The first-order valence-electron chi connectivity index (χ1n) is 12.4. The molecule has 0 unspecified atom stereocenters. The van der Waals surface area contributed by atoms with Gasteiger partial charge in [0.25, 0.3) is 5.69 Å². The first kappa shape index (κ1) is 25.2. The topological polar surface area (TPSA) is 110 Å². The minimum atomic E-state index is -0.533. The number of aromatic hydroxyl groups is 1. The van der Waals surface area contributed by atoms with Gasteiger partial charge < -0.3 is 14.7 Å². The zero-order valence-corrected chi connectivity index (χ0v) is 21.2. The molecule has 0 aliphatic carbocycles. The van der Waals surface area contributed by atoms with Crippen LogP contribution in [0.3, 0.4) is 0 Å². The summed E-state index contributed by atoms with van der Waals surface area (Å²) in [5.74, 6) is -0.0250. The minimum Gasteiger partial charge on any atom is -0.494 e. The lowest BCUT2D eigenvalue weighted by atomic mass is 10.0. The predicted octanol–water partition coefficient (Wildman–Crippen LogP) is 5.56. The van der Waals surface area contributed by atoms with E-state index in [9.17, 15) is 20.0 Å². The Balaban J connectivity index is 1.59. The van der Waals surface area contributed by atoms with E-state index in [0.717, 1.165) is 41.8 Å². The number of hydrogen-bond donors (Lipinski definition) is 1. The number of non-ortho nitro benzene ring substituents is 1. The van der Waals surface area contributed by atoms with Crippen LogP contribution in [0, 0.1) is 10.1 Å². The van der Waals surface area contributed by atoms with E-state index in [4.69, 9.17) is 9.73 Å². The molecule has 38 heavy (non-hydrogen) atoms. The van der Waals surface area contributed by atoms with Crippen LogP contribution in [-0.4, -0.2) is 57.4 Å². The summed E-state index contributed by atoms with van der Waals surface area (Å²) in [6.45, 7) is 3.31. The van der Waals surface area contributed by atoms with Crippen LogP contribution < -0.4 is 4.74 Å². The number of nitro groups is 1. The molecule has 0 radical (unpaired) electrons. The zero-order valence-electron chi connectivity index (χ0n) is 21.2. The molecule has 3 aromatic carbocycles. The lowest BCUT2D eigenvalue weighted by molar-refractivity contribution is -0.384. The van der Waals surface area contributed by atoms with Gasteiger partial charge in [0.05, 0.1) is 27.4 Å². The quantitative estimate of drug-likeness (QED) is 0.206. The SMILES string of the molecule is CC(=O)n1c(O)c(C(=Nc2ccc(OC3CCN(C)CC3)cc2)c2ccccc2)c2ccc([N+](=O)[O-])cc21. The van der Waals surface area contributed by atoms with Crippen molar-refractivity contribution < 1.29 is 19.6 Å². The molecule has 5 rings (SSSR count). The van der Waals surface area contributed by atoms with Gasteiger partial charge in [-0.3, -0.25) is 14.9 Å². The Bertz CT molecular complexity index is 1520. The normalized spacial score (nSPS) is 15.1. The molecule has 9 heteroatoms. The Labute approximate surface area is 219 Å². The van der Waals surface area contributed by atoms with Gasteiger partial charge in [-0.1, -0.05) is 30.3 Å². The number of fused-ring (bicyclic) bond motifs is 1. The van der Waals surface area contributed by atoms with Gasteiger partial charge in [-0.2, -0.15) is 0 Å². The van der Waals surface area contributed by atoms with Crippen molar-refractivity contribution >= 4 is 33.9 Å². The molecule has 0 atom stereocenters. The maximum absolute atomic E-state index is 12.5. The highest BCUT2D eigenvalue weighted by Gasteiger charge is 2.26. The first-order valence-corrected chi connectivity index (χ1v) is 12.4. The number of ether oxygens (including phenoxy) is 1. The molecule has 0 amide bonds. The van der Waals surface area contributed by atoms with Crippen molar-refractivity contribution in [3.63, 3.8) is 0 Å². The third-order valence-corrected chi connectivity index (χ3v) is 6.78. The highest BCUT2D eigenvalue weighted by atomic mass is 16.6. The Morgan fingerprint density at radius 1 is 1.05 bits per heavy atom. The van der Waals surface area contributed by atoms with Gasteiger partial charge in [0.15, 0.2) is 0 Å². The molecule has 4 aromatic rings. The summed E-state index contributed by atoms with van der Waals surface area (Å²) in [6.07, 6.45) is 2.14. The van der Waals surface area contributed by atoms with Crippen LogP contribution in [0.4, 0.5) is 11.4 Å². The standard InChI is InChI=1S/C29H28N4O5/c1-19(34)32-26-18-22(33(36)37)10-13-25(26)27(29(32)35)28(20-6-4-3-5-7-20)30-21-8-11-23(12-9-21)38-24-14-16-31(2)17-15-24/h3-13,18,24,35H,14-17H2,1-2H3. The Morgan fingerprint density at radius 3 is 2.37 bits per heavy atom. The Hall–Kier alpha value is -4.50. The van der Waals surface area contributed by atoms with Crippen molar-refractivity contribution in [3.8, 4) is 11.6 Å². The number of nitro benzene ring substituents is 1. The highest BCUT2D eigenvalue weighted by molar-refractivity contribution is 6.23. The van der Waals surface area contributed by atoms with E-state index in [-0.39, 0.29) is 23.2 Å².